The molecule has 1 aromatic carbocycles. The second-order valence-corrected chi connectivity index (χ2v) is 6.40. The van der Waals surface area contributed by atoms with E-state index in [0.29, 0.717) is 15.7 Å². The number of benzene rings is 1. The molecule has 120 valence electrons. The quantitative estimate of drug-likeness (QED) is 0.839. The molecule has 1 aromatic rings. The van der Waals surface area contributed by atoms with Crippen LogP contribution in [0.4, 0.5) is 5.69 Å². The van der Waals surface area contributed by atoms with Crippen LogP contribution in [0.3, 0.4) is 0 Å². The lowest BCUT2D eigenvalue weighted by Gasteiger charge is -2.26. The maximum absolute atomic E-state index is 12.5. The zero-order chi connectivity index (χ0) is 16.1. The second-order valence-electron chi connectivity index (χ2n) is 5.53. The maximum atomic E-state index is 12.5. The Kier molecular flexibility index (Phi) is 6.09. The summed E-state index contributed by atoms with van der Waals surface area (Å²) in [6.07, 6.45) is 4.36. The molecular formula is C16H20Cl2N2O2. The number of halogens is 2. The van der Waals surface area contributed by atoms with Crippen LogP contribution < -0.4 is 4.90 Å². The third-order valence-electron chi connectivity index (χ3n) is 3.79. The Hall–Kier alpha value is -1.26. The van der Waals surface area contributed by atoms with Crippen molar-refractivity contribution in [3.8, 4) is 0 Å². The summed E-state index contributed by atoms with van der Waals surface area (Å²) in [7, 11) is 0. The van der Waals surface area contributed by atoms with Crippen molar-refractivity contribution >= 4 is 40.7 Å². The number of hydrogen-bond acceptors (Lipinski definition) is 2. The van der Waals surface area contributed by atoms with Crippen molar-refractivity contribution in [2.24, 2.45) is 0 Å². The van der Waals surface area contributed by atoms with Gasteiger partial charge in [0.05, 0.1) is 0 Å². The minimum atomic E-state index is -0.207. The number of carbonyl (C=O) groups excluding carboxylic acids is 2. The van der Waals surface area contributed by atoms with Crippen molar-refractivity contribution in [2.75, 3.05) is 24.5 Å². The van der Waals surface area contributed by atoms with Crippen LogP contribution in [-0.2, 0) is 9.59 Å². The predicted octanol–water partition coefficient (Wildman–Crippen LogP) is 3.75. The molecular weight excluding hydrogens is 323 g/mol. The van der Waals surface area contributed by atoms with Crippen molar-refractivity contribution in [2.45, 2.75) is 32.6 Å². The lowest BCUT2D eigenvalue weighted by atomic mass is 10.2. The molecule has 1 fully saturated rings. The van der Waals surface area contributed by atoms with Crippen LogP contribution in [0.25, 0.3) is 0 Å². The van der Waals surface area contributed by atoms with Gasteiger partial charge in [-0.2, -0.15) is 0 Å². The summed E-state index contributed by atoms with van der Waals surface area (Å²) >= 11 is 12.0. The predicted molar refractivity (Wildman–Crippen MR) is 89.5 cm³/mol. The SMILES string of the molecule is CC(=O)N(CC(=O)N1CCCCCC1)c1cc(Cl)cc(Cl)c1. The average molecular weight is 343 g/mol. The summed E-state index contributed by atoms with van der Waals surface area (Å²) in [6, 6.07) is 4.89. The average Bonchev–Trinajstić information content (AvgIpc) is 2.72. The first-order valence-electron chi connectivity index (χ1n) is 7.49. The van der Waals surface area contributed by atoms with Gasteiger partial charge in [-0.15, -0.1) is 0 Å². The van der Waals surface area contributed by atoms with Gasteiger partial charge < -0.3 is 9.80 Å². The number of anilines is 1. The Morgan fingerprint density at radius 3 is 2.09 bits per heavy atom. The molecule has 0 bridgehead atoms. The van der Waals surface area contributed by atoms with Gasteiger partial charge in [0.1, 0.15) is 6.54 Å². The molecule has 0 aromatic heterocycles. The Bertz CT molecular complexity index is 535. The van der Waals surface area contributed by atoms with Crippen LogP contribution >= 0.6 is 23.2 Å². The summed E-state index contributed by atoms with van der Waals surface area (Å²) < 4.78 is 0. The molecule has 1 aliphatic heterocycles. The van der Waals surface area contributed by atoms with Crippen LogP contribution in [-0.4, -0.2) is 36.3 Å². The third-order valence-corrected chi connectivity index (χ3v) is 4.23. The lowest BCUT2D eigenvalue weighted by Crippen LogP contribution is -2.42. The molecule has 1 aliphatic rings. The Balaban J connectivity index is 2.14. The standard InChI is InChI=1S/C16H20Cl2N2O2/c1-12(21)20(15-9-13(17)8-14(18)10-15)11-16(22)19-6-4-2-3-5-7-19/h8-10H,2-7,11H2,1H3. The molecule has 1 saturated heterocycles. The number of carbonyl (C=O) groups is 2. The number of likely N-dealkylation sites (tertiary alicyclic amines) is 1. The van der Waals surface area contributed by atoms with E-state index >= 15 is 0 Å². The third kappa shape index (κ3) is 4.62. The van der Waals surface area contributed by atoms with Gasteiger partial charge in [0.2, 0.25) is 11.8 Å². The number of hydrogen-bond donors (Lipinski definition) is 0. The summed E-state index contributed by atoms with van der Waals surface area (Å²) in [5.41, 5.74) is 0.549. The van der Waals surface area contributed by atoms with Crippen LogP contribution in [0, 0.1) is 0 Å². The van der Waals surface area contributed by atoms with Gasteiger partial charge in [0, 0.05) is 35.7 Å². The molecule has 0 unspecified atom stereocenters. The minimum absolute atomic E-state index is 0.0198. The van der Waals surface area contributed by atoms with Gasteiger partial charge in [-0.3, -0.25) is 9.59 Å². The van der Waals surface area contributed by atoms with Crippen LogP contribution in [0.1, 0.15) is 32.6 Å². The molecule has 0 N–H and O–H groups in total. The zero-order valence-corrected chi connectivity index (χ0v) is 14.2. The topological polar surface area (TPSA) is 40.6 Å². The molecule has 0 atom stereocenters. The fourth-order valence-corrected chi connectivity index (χ4v) is 3.15. The van der Waals surface area contributed by atoms with E-state index in [2.05, 4.69) is 0 Å². The largest absolute Gasteiger partial charge is 0.341 e. The molecule has 0 spiro atoms. The van der Waals surface area contributed by atoms with Crippen molar-refractivity contribution in [3.63, 3.8) is 0 Å². The first kappa shape index (κ1) is 17.1. The van der Waals surface area contributed by atoms with E-state index in [0.717, 1.165) is 38.8 Å². The summed E-state index contributed by atoms with van der Waals surface area (Å²) in [6.45, 7) is 2.98. The number of rotatable bonds is 3. The van der Waals surface area contributed by atoms with Crippen molar-refractivity contribution in [1.29, 1.82) is 0 Å². The van der Waals surface area contributed by atoms with E-state index in [9.17, 15) is 9.59 Å². The van der Waals surface area contributed by atoms with Gasteiger partial charge in [-0.05, 0) is 31.0 Å². The van der Waals surface area contributed by atoms with Gasteiger partial charge in [-0.25, -0.2) is 0 Å². The van der Waals surface area contributed by atoms with Crippen LogP contribution in [0.2, 0.25) is 10.0 Å². The fraction of sp³-hybridized carbons (Fsp3) is 0.500. The van der Waals surface area contributed by atoms with Crippen molar-refractivity contribution in [1.82, 2.24) is 4.90 Å². The van der Waals surface area contributed by atoms with Crippen LogP contribution in [0.5, 0.6) is 0 Å². The molecule has 0 saturated carbocycles. The Morgan fingerprint density at radius 2 is 1.59 bits per heavy atom. The molecule has 2 rings (SSSR count). The molecule has 0 radical (unpaired) electrons. The second kappa shape index (κ2) is 7.84. The first-order valence-corrected chi connectivity index (χ1v) is 8.25. The highest BCUT2D eigenvalue weighted by atomic mass is 35.5. The zero-order valence-electron chi connectivity index (χ0n) is 12.6. The van der Waals surface area contributed by atoms with E-state index in [1.165, 1.54) is 11.8 Å². The van der Waals surface area contributed by atoms with E-state index in [4.69, 9.17) is 23.2 Å². The minimum Gasteiger partial charge on any atom is -0.341 e. The first-order chi connectivity index (χ1) is 10.5. The molecule has 1 heterocycles. The fourth-order valence-electron chi connectivity index (χ4n) is 2.63. The molecule has 0 aliphatic carbocycles. The normalized spacial score (nSPS) is 15.3. The van der Waals surface area contributed by atoms with Crippen molar-refractivity contribution < 1.29 is 9.59 Å². The Labute approximate surface area is 141 Å². The smallest absolute Gasteiger partial charge is 0.242 e. The monoisotopic (exact) mass is 342 g/mol. The highest BCUT2D eigenvalue weighted by Gasteiger charge is 2.21. The molecule has 2 amide bonds. The molecule has 6 heteroatoms. The molecule has 22 heavy (non-hydrogen) atoms. The van der Waals surface area contributed by atoms with Gasteiger partial charge in [-0.1, -0.05) is 36.0 Å². The van der Waals surface area contributed by atoms with E-state index in [-0.39, 0.29) is 18.4 Å². The molecule has 4 nitrogen and oxygen atoms in total. The number of amides is 2. The number of nitrogens with zero attached hydrogens (tertiary/aromatic N) is 2. The van der Waals surface area contributed by atoms with Gasteiger partial charge >= 0.3 is 0 Å². The van der Waals surface area contributed by atoms with Crippen LogP contribution in [0.15, 0.2) is 18.2 Å². The van der Waals surface area contributed by atoms with E-state index in [1.54, 1.807) is 18.2 Å². The summed E-state index contributed by atoms with van der Waals surface area (Å²) in [5.74, 6) is -0.241. The lowest BCUT2D eigenvalue weighted by molar-refractivity contribution is -0.131. The van der Waals surface area contributed by atoms with E-state index in [1.807, 2.05) is 4.90 Å². The summed E-state index contributed by atoms with van der Waals surface area (Å²) in [5, 5.41) is 0.881. The van der Waals surface area contributed by atoms with Gasteiger partial charge in [0.15, 0.2) is 0 Å². The highest BCUT2D eigenvalue weighted by molar-refractivity contribution is 6.35. The van der Waals surface area contributed by atoms with Gasteiger partial charge in [0.25, 0.3) is 0 Å². The van der Waals surface area contributed by atoms with E-state index < -0.39 is 0 Å². The summed E-state index contributed by atoms with van der Waals surface area (Å²) in [4.78, 5) is 27.7. The Morgan fingerprint density at radius 1 is 1.05 bits per heavy atom. The van der Waals surface area contributed by atoms with Crippen molar-refractivity contribution in [3.05, 3.63) is 28.2 Å². The maximum Gasteiger partial charge on any atom is 0.242 e. The highest BCUT2D eigenvalue weighted by Crippen LogP contribution is 2.25.